The van der Waals surface area contributed by atoms with Crippen molar-refractivity contribution < 1.29 is 42.2 Å². The maximum Gasteiger partial charge on any atom is 0.490 e. The zero-order valence-corrected chi connectivity index (χ0v) is 20.9. The predicted octanol–water partition coefficient (Wildman–Crippen LogP) is 2.00. The van der Waals surface area contributed by atoms with Crippen molar-refractivity contribution in [2.45, 2.75) is 31.6 Å². The zero-order chi connectivity index (χ0) is 28.7. The summed E-state index contributed by atoms with van der Waals surface area (Å²) in [5, 5.41) is 9.98. The second kappa shape index (κ2) is 12.6. The fourth-order valence-electron chi connectivity index (χ4n) is 4.18. The van der Waals surface area contributed by atoms with Crippen LogP contribution in [0.4, 0.5) is 23.8 Å². The Morgan fingerprint density at radius 3 is 2.36 bits per heavy atom. The number of anilines is 1. The summed E-state index contributed by atoms with van der Waals surface area (Å²) in [4.78, 5) is 55.0. The van der Waals surface area contributed by atoms with Gasteiger partial charge in [-0.25, -0.2) is 14.6 Å². The minimum absolute atomic E-state index is 0.234. The first-order valence-corrected chi connectivity index (χ1v) is 12.0. The molecule has 11 nitrogen and oxygen atoms in total. The number of hydrogen-bond donors (Lipinski definition) is 3. The van der Waals surface area contributed by atoms with Crippen LogP contribution in [-0.4, -0.2) is 82.2 Å². The number of halogens is 3. The molecular weight excluding hydrogens is 523 g/mol. The summed E-state index contributed by atoms with van der Waals surface area (Å²) in [6, 6.07) is 11.2. The van der Waals surface area contributed by atoms with E-state index in [2.05, 4.69) is 10.3 Å². The molecule has 2 saturated heterocycles. The van der Waals surface area contributed by atoms with Crippen LogP contribution in [0, 0.1) is 5.92 Å². The number of pyridine rings is 1. The second-order valence-electron chi connectivity index (χ2n) is 8.88. The molecule has 0 aliphatic carbocycles. The molecule has 14 heteroatoms. The average Bonchev–Trinajstić information content (AvgIpc) is 2.90. The Kier molecular flexibility index (Phi) is 9.46. The van der Waals surface area contributed by atoms with Crippen molar-refractivity contribution in [1.29, 1.82) is 0 Å². The van der Waals surface area contributed by atoms with Gasteiger partial charge in [-0.05, 0) is 36.6 Å². The van der Waals surface area contributed by atoms with E-state index in [1.807, 2.05) is 37.3 Å². The van der Waals surface area contributed by atoms with Gasteiger partial charge in [0.2, 0.25) is 11.8 Å². The average molecular weight is 552 g/mol. The molecule has 4 rings (SSSR count). The number of carbonyl (C=O) groups excluding carboxylic acids is 3. The molecule has 3 heterocycles. The number of β-lactam (4-membered cyclic amide) rings is 1. The number of aromatic nitrogens is 1. The molecule has 4 amide bonds. The van der Waals surface area contributed by atoms with Gasteiger partial charge in [-0.15, -0.1) is 0 Å². The molecule has 0 radical (unpaired) electrons. The Labute approximate surface area is 221 Å². The van der Waals surface area contributed by atoms with E-state index < -0.39 is 30.1 Å². The second-order valence-corrected chi connectivity index (χ2v) is 8.88. The van der Waals surface area contributed by atoms with Crippen LogP contribution in [0.15, 0.2) is 48.7 Å². The van der Waals surface area contributed by atoms with E-state index in [1.165, 1.54) is 0 Å². The van der Waals surface area contributed by atoms with E-state index in [4.69, 9.17) is 20.4 Å². The Morgan fingerprint density at radius 1 is 1.18 bits per heavy atom. The van der Waals surface area contributed by atoms with Crippen molar-refractivity contribution in [3.8, 4) is 0 Å². The number of alkyl halides is 3. The number of nitrogen functional groups attached to an aromatic ring is 1. The molecule has 0 spiro atoms. The monoisotopic (exact) mass is 551 g/mol. The molecule has 4 N–H and O–H groups in total. The molecule has 3 atom stereocenters. The van der Waals surface area contributed by atoms with Gasteiger partial charge in [-0.1, -0.05) is 30.3 Å². The zero-order valence-electron chi connectivity index (χ0n) is 20.9. The summed E-state index contributed by atoms with van der Waals surface area (Å²) in [5.41, 5.74) is 7.48. The number of likely N-dealkylation sites (tertiary alicyclic amines) is 1. The van der Waals surface area contributed by atoms with Crippen molar-refractivity contribution in [2.75, 3.05) is 32.0 Å². The number of imide groups is 1. The minimum Gasteiger partial charge on any atom is -0.475 e. The maximum atomic E-state index is 13.3. The Morgan fingerprint density at radius 2 is 1.79 bits per heavy atom. The van der Waals surface area contributed by atoms with Gasteiger partial charge in [0.1, 0.15) is 11.9 Å². The number of benzene rings is 1. The molecule has 0 unspecified atom stereocenters. The highest BCUT2D eigenvalue weighted by molar-refractivity contribution is 6.09. The number of nitrogens with zero attached hydrogens (tertiary/aromatic N) is 3. The van der Waals surface area contributed by atoms with Gasteiger partial charge >= 0.3 is 18.2 Å². The lowest BCUT2D eigenvalue weighted by Gasteiger charge is -2.46. The Hall–Kier alpha value is -4.20. The lowest BCUT2D eigenvalue weighted by molar-refractivity contribution is -0.192. The van der Waals surface area contributed by atoms with Crippen LogP contribution in [0.25, 0.3) is 0 Å². The highest BCUT2D eigenvalue weighted by atomic mass is 19.4. The highest BCUT2D eigenvalue weighted by Crippen LogP contribution is 2.32. The van der Waals surface area contributed by atoms with Gasteiger partial charge in [0.25, 0.3) is 0 Å². The summed E-state index contributed by atoms with van der Waals surface area (Å²) < 4.78 is 37.1. The van der Waals surface area contributed by atoms with Gasteiger partial charge in [0.15, 0.2) is 0 Å². The van der Waals surface area contributed by atoms with E-state index in [-0.39, 0.29) is 17.9 Å². The molecule has 1 aromatic heterocycles. The van der Waals surface area contributed by atoms with Crippen molar-refractivity contribution in [2.24, 2.45) is 5.92 Å². The molecule has 0 bridgehead atoms. The third-order valence-corrected chi connectivity index (χ3v) is 6.19. The molecule has 39 heavy (non-hydrogen) atoms. The number of nitrogens with one attached hydrogen (secondary N) is 1. The molecular formula is C25H28F3N5O6. The summed E-state index contributed by atoms with van der Waals surface area (Å²) in [6.45, 7) is 3.60. The first-order valence-electron chi connectivity index (χ1n) is 12.0. The normalized spacial score (nSPS) is 19.7. The van der Waals surface area contributed by atoms with Crippen molar-refractivity contribution in [3.05, 3.63) is 59.8 Å². The number of carbonyl (C=O) groups is 4. The number of carboxylic acid groups (broad SMARTS) is 1. The van der Waals surface area contributed by atoms with Gasteiger partial charge < -0.3 is 25.8 Å². The molecule has 2 fully saturated rings. The van der Waals surface area contributed by atoms with E-state index in [0.29, 0.717) is 38.5 Å². The third-order valence-electron chi connectivity index (χ3n) is 6.19. The number of ether oxygens (including phenoxy) is 1. The molecule has 2 aromatic rings. The first-order chi connectivity index (χ1) is 18.4. The van der Waals surface area contributed by atoms with Crippen LogP contribution in [-0.2, 0) is 25.5 Å². The largest absolute Gasteiger partial charge is 0.490 e. The van der Waals surface area contributed by atoms with Crippen molar-refractivity contribution >= 4 is 29.6 Å². The predicted molar refractivity (Wildman–Crippen MR) is 131 cm³/mol. The van der Waals surface area contributed by atoms with Crippen molar-refractivity contribution in [3.63, 3.8) is 0 Å². The molecule has 0 saturated carbocycles. The number of rotatable bonds is 5. The summed E-state index contributed by atoms with van der Waals surface area (Å²) in [6.07, 6.45) is -3.21. The van der Waals surface area contributed by atoms with Gasteiger partial charge in [-0.2, -0.15) is 13.2 Å². The van der Waals surface area contributed by atoms with Crippen LogP contribution < -0.4 is 11.1 Å². The number of carboxylic acids is 1. The van der Waals surface area contributed by atoms with E-state index in [9.17, 15) is 27.6 Å². The molecule has 2 aliphatic heterocycles. The standard InChI is InChI=1S/C23H27N5O4.C2HF3O2/c1-15(17-5-3-2-4-6-17)26-23(31)28-20(22(30)27-9-11-32-12-10-27)18(21(28)29)13-16-7-8-25-19(24)14-16;3-2(4,5)1(6)7/h2-8,14-15,18,20H,9-13H2,1H3,(H2,24,25)(H,26,31);(H,6,7)/t15-,18-,20+;/m1./s1. The van der Waals surface area contributed by atoms with E-state index in [0.717, 1.165) is 16.0 Å². The van der Waals surface area contributed by atoms with E-state index >= 15 is 0 Å². The summed E-state index contributed by atoms with van der Waals surface area (Å²) in [5.74, 6) is -3.65. The van der Waals surface area contributed by atoms with Gasteiger partial charge in [-0.3, -0.25) is 14.5 Å². The Bertz CT molecular complexity index is 1190. The fraction of sp³-hybridized carbons (Fsp3) is 0.400. The molecule has 1 aromatic carbocycles. The molecule has 2 aliphatic rings. The fourth-order valence-corrected chi connectivity index (χ4v) is 4.18. The Balaban J connectivity index is 0.000000532. The minimum atomic E-state index is -5.08. The van der Waals surface area contributed by atoms with Gasteiger partial charge in [0, 0.05) is 19.3 Å². The van der Waals surface area contributed by atoms with Crippen LogP contribution in [0.2, 0.25) is 0 Å². The highest BCUT2D eigenvalue weighted by Gasteiger charge is 2.55. The summed E-state index contributed by atoms with van der Waals surface area (Å²) >= 11 is 0. The number of hydrogen-bond acceptors (Lipinski definition) is 7. The van der Waals surface area contributed by atoms with E-state index in [1.54, 1.807) is 23.2 Å². The van der Waals surface area contributed by atoms with Crippen molar-refractivity contribution in [1.82, 2.24) is 20.1 Å². The lowest BCUT2D eigenvalue weighted by Crippen LogP contribution is -2.71. The maximum absolute atomic E-state index is 13.3. The number of aliphatic carboxylic acids is 1. The topological polar surface area (TPSA) is 155 Å². The number of nitrogens with two attached hydrogens (primary N) is 1. The smallest absolute Gasteiger partial charge is 0.475 e. The first kappa shape index (κ1) is 29.4. The lowest BCUT2D eigenvalue weighted by atomic mass is 9.81. The SMILES string of the molecule is C[C@@H](NC(=O)N1C(=O)[C@H](Cc2ccnc(N)c2)[C@H]1C(=O)N1CCOCC1)c1ccccc1.O=C(O)C(F)(F)F. The summed E-state index contributed by atoms with van der Waals surface area (Å²) in [7, 11) is 0. The van der Waals surface area contributed by atoms with Crippen LogP contribution in [0.1, 0.15) is 24.1 Å². The number of morpholine rings is 1. The van der Waals surface area contributed by atoms with Gasteiger partial charge in [0.05, 0.1) is 25.2 Å². The van der Waals surface area contributed by atoms with Crippen LogP contribution in [0.5, 0.6) is 0 Å². The molecule has 210 valence electrons. The van der Waals surface area contributed by atoms with Crippen LogP contribution >= 0.6 is 0 Å². The number of amides is 4. The third kappa shape index (κ3) is 7.44. The quantitative estimate of drug-likeness (QED) is 0.477. The number of urea groups is 1. The van der Waals surface area contributed by atoms with Crippen LogP contribution in [0.3, 0.4) is 0 Å².